The van der Waals surface area contributed by atoms with Crippen molar-refractivity contribution in [1.82, 2.24) is 0 Å². The van der Waals surface area contributed by atoms with Gasteiger partial charge in [-0.15, -0.1) is 0 Å². The van der Waals surface area contributed by atoms with Gasteiger partial charge in [0.25, 0.3) is 0 Å². The van der Waals surface area contributed by atoms with E-state index in [9.17, 15) is 52.7 Å². The molecule has 0 aliphatic carbocycles. The number of halogens is 14. The van der Waals surface area contributed by atoms with E-state index < -0.39 is 70.9 Å². The van der Waals surface area contributed by atoms with Crippen molar-refractivity contribution in [2.24, 2.45) is 0 Å². The van der Waals surface area contributed by atoms with E-state index in [1.807, 2.05) is 0 Å². The lowest BCUT2D eigenvalue weighted by Crippen LogP contribution is -2.43. The summed E-state index contributed by atoms with van der Waals surface area (Å²) < 4.78 is 159. The fourth-order valence-electron chi connectivity index (χ4n) is 1.33. The van der Waals surface area contributed by atoms with E-state index in [1.165, 1.54) is 0 Å². The van der Waals surface area contributed by atoms with Crippen LogP contribution in [0.15, 0.2) is 23.2 Å². The summed E-state index contributed by atoms with van der Waals surface area (Å²) in [5.74, 6) is -24.1. The summed E-state index contributed by atoms with van der Waals surface area (Å²) in [6.07, 6.45) is -15.9. The second kappa shape index (κ2) is 9.27. The van der Waals surface area contributed by atoms with Crippen molar-refractivity contribution in [3.63, 3.8) is 0 Å². The van der Waals surface area contributed by atoms with E-state index in [2.05, 4.69) is 36.6 Å². The Kier molecular flexibility index (Phi) is 9.06. The summed E-state index contributed by atoms with van der Waals surface area (Å²) in [5, 5.41) is -1.25. The van der Waals surface area contributed by atoms with Crippen LogP contribution in [0.1, 0.15) is 12.8 Å². The molecule has 0 aliphatic rings. The lowest BCUT2D eigenvalue weighted by Gasteiger charge is -2.28. The highest BCUT2D eigenvalue weighted by atomic mass is 79.9. The van der Waals surface area contributed by atoms with Crippen LogP contribution in [0.4, 0.5) is 52.7 Å². The SMILES string of the molecule is FC(CCBr)=C(OC(=C(F)CCBr)C(F)(F)C(F)(F)F)C(F)(F)C(F)(F)F. The van der Waals surface area contributed by atoms with Gasteiger partial charge >= 0.3 is 24.2 Å². The van der Waals surface area contributed by atoms with E-state index in [4.69, 9.17) is 0 Å². The Hall–Kier alpha value is -0.600. The van der Waals surface area contributed by atoms with Gasteiger partial charge in [-0.25, -0.2) is 8.78 Å². The summed E-state index contributed by atoms with van der Waals surface area (Å²) in [4.78, 5) is 0. The van der Waals surface area contributed by atoms with E-state index >= 15 is 0 Å². The zero-order chi connectivity index (χ0) is 21.8. The van der Waals surface area contributed by atoms with Crippen molar-refractivity contribution in [2.75, 3.05) is 10.7 Å². The molecular weight excluding hydrogens is 548 g/mol. The highest BCUT2D eigenvalue weighted by molar-refractivity contribution is 9.09. The van der Waals surface area contributed by atoms with Crippen LogP contribution in [-0.4, -0.2) is 34.9 Å². The van der Waals surface area contributed by atoms with E-state index in [-0.39, 0.29) is 0 Å². The molecule has 1 nitrogen and oxygen atoms in total. The minimum Gasteiger partial charge on any atom is -0.447 e. The molecule has 0 aliphatic heterocycles. The van der Waals surface area contributed by atoms with Gasteiger partial charge in [0.2, 0.25) is 11.5 Å². The van der Waals surface area contributed by atoms with Gasteiger partial charge in [-0.1, -0.05) is 31.9 Å². The monoisotopic (exact) mass is 554 g/mol. The van der Waals surface area contributed by atoms with Crippen molar-refractivity contribution < 1.29 is 57.4 Å². The van der Waals surface area contributed by atoms with Gasteiger partial charge in [-0.2, -0.15) is 43.9 Å². The summed E-state index contributed by atoms with van der Waals surface area (Å²) in [5.41, 5.74) is 0. The lowest BCUT2D eigenvalue weighted by molar-refractivity contribution is -0.291. The van der Waals surface area contributed by atoms with Gasteiger partial charge in [0.1, 0.15) is 11.7 Å². The van der Waals surface area contributed by atoms with Gasteiger partial charge < -0.3 is 4.74 Å². The van der Waals surface area contributed by atoms with Crippen LogP contribution in [0.3, 0.4) is 0 Å². The molecule has 0 radical (unpaired) electrons. The van der Waals surface area contributed by atoms with Crippen molar-refractivity contribution in [1.29, 1.82) is 0 Å². The first kappa shape index (κ1) is 26.4. The molecule has 0 bridgehead atoms. The molecule has 0 unspecified atom stereocenters. The lowest BCUT2D eigenvalue weighted by atomic mass is 10.1. The highest BCUT2D eigenvalue weighted by Crippen LogP contribution is 2.49. The molecule has 0 aromatic carbocycles. The van der Waals surface area contributed by atoms with Crippen molar-refractivity contribution in [2.45, 2.75) is 37.0 Å². The van der Waals surface area contributed by atoms with Crippen molar-refractivity contribution in [3.05, 3.63) is 23.2 Å². The zero-order valence-corrected chi connectivity index (χ0v) is 15.7. The van der Waals surface area contributed by atoms with E-state index in [1.54, 1.807) is 0 Å². The van der Waals surface area contributed by atoms with Gasteiger partial charge in [0.15, 0.2) is 0 Å². The first-order valence-electron chi connectivity index (χ1n) is 6.42. The minimum atomic E-state index is -6.63. The molecule has 0 aromatic rings. The number of hydrogen-bond acceptors (Lipinski definition) is 1. The maximum atomic E-state index is 13.7. The topological polar surface area (TPSA) is 9.23 Å². The van der Waals surface area contributed by atoms with Crippen LogP contribution < -0.4 is 0 Å². The van der Waals surface area contributed by atoms with Gasteiger partial charge in [0, 0.05) is 23.5 Å². The predicted octanol–water partition coefficient (Wildman–Crippen LogP) is 7.33. The average molecular weight is 556 g/mol. The van der Waals surface area contributed by atoms with Crippen LogP contribution in [0, 0.1) is 0 Å². The fourth-order valence-corrected chi connectivity index (χ4v) is 2.03. The largest absolute Gasteiger partial charge is 0.461 e. The third kappa shape index (κ3) is 6.19. The molecule has 15 heteroatoms. The molecule has 0 heterocycles. The van der Waals surface area contributed by atoms with Gasteiger partial charge in [-0.05, 0) is 0 Å². The normalized spacial score (nSPS) is 16.1. The minimum absolute atomic E-state index is 0.627. The quantitative estimate of drug-likeness (QED) is 0.173. The smallest absolute Gasteiger partial charge is 0.447 e. The predicted molar refractivity (Wildman–Crippen MR) is 76.2 cm³/mol. The Balaban J connectivity index is 6.61. The Morgan fingerprint density at radius 1 is 0.593 bits per heavy atom. The Morgan fingerprint density at radius 2 is 0.852 bits per heavy atom. The molecule has 0 N–H and O–H groups in total. The van der Waals surface area contributed by atoms with Crippen molar-refractivity contribution >= 4 is 31.9 Å². The first-order chi connectivity index (χ1) is 11.9. The molecule has 160 valence electrons. The molecule has 0 aromatic heterocycles. The molecule has 0 fully saturated rings. The number of allylic oxidation sites excluding steroid dienone is 4. The summed E-state index contributed by atoms with van der Waals surface area (Å²) >= 11 is 4.90. The van der Waals surface area contributed by atoms with Crippen LogP contribution in [-0.2, 0) is 4.74 Å². The van der Waals surface area contributed by atoms with E-state index in [0.717, 1.165) is 0 Å². The molecule has 0 saturated carbocycles. The van der Waals surface area contributed by atoms with Crippen LogP contribution in [0.2, 0.25) is 0 Å². The summed E-state index contributed by atoms with van der Waals surface area (Å²) in [7, 11) is 0. The molecule has 0 saturated heterocycles. The Labute approximate surface area is 160 Å². The average Bonchev–Trinajstić information content (AvgIpc) is 2.45. The second-order valence-corrected chi connectivity index (χ2v) is 6.18. The standard InChI is InChI=1S/C12H8Br2F12O/c13-3-1-5(15)7(9(17,18)11(21,22)23)27-8(6(16)2-4-14)10(19,20)12(24,25)26/h1-4H2. The molecule has 0 amide bonds. The maximum Gasteiger partial charge on any atom is 0.461 e. The number of hydrogen-bond donors (Lipinski definition) is 0. The van der Waals surface area contributed by atoms with Gasteiger partial charge in [-0.3, -0.25) is 0 Å². The van der Waals surface area contributed by atoms with Crippen molar-refractivity contribution in [3.8, 4) is 0 Å². The fraction of sp³-hybridized carbons (Fsp3) is 0.667. The highest BCUT2D eigenvalue weighted by Gasteiger charge is 2.67. The summed E-state index contributed by atoms with van der Waals surface area (Å²) in [6.45, 7) is 0. The number of ether oxygens (including phenoxy) is 1. The molecule has 27 heavy (non-hydrogen) atoms. The summed E-state index contributed by atoms with van der Waals surface area (Å²) in [6, 6.07) is 0. The zero-order valence-electron chi connectivity index (χ0n) is 12.5. The van der Waals surface area contributed by atoms with E-state index in [0.29, 0.717) is 0 Å². The molecule has 0 spiro atoms. The maximum absolute atomic E-state index is 13.7. The molecule has 0 rings (SSSR count). The van der Waals surface area contributed by atoms with Crippen LogP contribution in [0.5, 0.6) is 0 Å². The number of alkyl halides is 12. The third-order valence-electron chi connectivity index (χ3n) is 2.61. The van der Waals surface area contributed by atoms with Crippen LogP contribution >= 0.6 is 31.9 Å². The Morgan fingerprint density at radius 3 is 1.04 bits per heavy atom. The number of rotatable bonds is 8. The van der Waals surface area contributed by atoms with Gasteiger partial charge in [0.05, 0.1) is 0 Å². The third-order valence-corrected chi connectivity index (χ3v) is 3.40. The molecular formula is C12H8Br2F12O. The van der Waals surface area contributed by atoms with Crippen LogP contribution in [0.25, 0.3) is 0 Å². The molecule has 0 atom stereocenters. The second-order valence-electron chi connectivity index (χ2n) is 4.59. The Bertz CT molecular complexity index is 526. The first-order valence-corrected chi connectivity index (χ1v) is 8.66.